The average Bonchev–Trinajstić information content (AvgIpc) is 2.79. The van der Waals surface area contributed by atoms with Crippen molar-refractivity contribution in [3.05, 3.63) is 65.2 Å². The number of likely N-dealkylation sites (tertiary alicyclic amines) is 1. The number of carbonyl (C=O) groups is 3. The number of nitrogens with zero attached hydrogens (tertiary/aromatic N) is 1. The minimum absolute atomic E-state index is 0.00678. The predicted molar refractivity (Wildman–Crippen MR) is 118 cm³/mol. The van der Waals surface area contributed by atoms with Crippen LogP contribution in [0.15, 0.2) is 48.5 Å². The molecule has 3 rings (SSSR count). The van der Waals surface area contributed by atoms with Gasteiger partial charge in [0.2, 0.25) is 5.91 Å². The van der Waals surface area contributed by atoms with Crippen LogP contribution in [0, 0.1) is 13.8 Å². The molecule has 2 aromatic carbocycles. The summed E-state index contributed by atoms with van der Waals surface area (Å²) in [6.45, 7) is 5.05. The Bertz CT molecular complexity index is 922. The van der Waals surface area contributed by atoms with E-state index in [1.54, 1.807) is 29.2 Å². The van der Waals surface area contributed by atoms with Crippen LogP contribution in [-0.4, -0.2) is 54.9 Å². The van der Waals surface area contributed by atoms with Crippen molar-refractivity contribution in [2.45, 2.75) is 32.7 Å². The Morgan fingerprint density at radius 1 is 1.00 bits per heavy atom. The van der Waals surface area contributed by atoms with Crippen LogP contribution in [0.25, 0.3) is 0 Å². The molecule has 0 spiro atoms. The number of ether oxygens (including phenoxy) is 1. The molecule has 0 atom stereocenters. The number of aryl methyl sites for hydroxylation is 1. The number of hydrogen-bond acceptors (Lipinski definition) is 4. The summed E-state index contributed by atoms with van der Waals surface area (Å²) in [7, 11) is 0. The minimum atomic E-state index is -0.278. The van der Waals surface area contributed by atoms with Gasteiger partial charge in [-0.15, -0.1) is 0 Å². The number of hydrogen-bond donors (Lipinski definition) is 2. The number of rotatable bonds is 7. The second kappa shape index (κ2) is 10.6. The smallest absolute Gasteiger partial charge is 0.260 e. The third-order valence-corrected chi connectivity index (χ3v) is 5.56. The lowest BCUT2D eigenvalue weighted by Crippen LogP contribution is -2.49. The van der Waals surface area contributed by atoms with Crippen LogP contribution < -0.4 is 15.4 Å². The Morgan fingerprint density at radius 2 is 1.71 bits per heavy atom. The van der Waals surface area contributed by atoms with Crippen LogP contribution in [0.5, 0.6) is 5.75 Å². The summed E-state index contributed by atoms with van der Waals surface area (Å²) >= 11 is 0. The summed E-state index contributed by atoms with van der Waals surface area (Å²) in [4.78, 5) is 38.4. The molecule has 7 heteroatoms. The van der Waals surface area contributed by atoms with Gasteiger partial charge < -0.3 is 20.3 Å². The third-order valence-electron chi connectivity index (χ3n) is 5.56. The van der Waals surface area contributed by atoms with Gasteiger partial charge in [-0.2, -0.15) is 0 Å². The van der Waals surface area contributed by atoms with Crippen molar-refractivity contribution in [1.82, 2.24) is 15.5 Å². The van der Waals surface area contributed by atoms with Crippen LogP contribution in [-0.2, 0) is 9.59 Å². The summed E-state index contributed by atoms with van der Waals surface area (Å²) in [5.41, 5.74) is 2.68. The SMILES string of the molecule is Cc1cccc(OCC(=O)N2CCC(NC(=O)CNC(=O)c3ccccc3)CC2)c1C. The van der Waals surface area contributed by atoms with E-state index in [1.165, 1.54) is 0 Å². The Morgan fingerprint density at radius 3 is 2.42 bits per heavy atom. The zero-order valence-electron chi connectivity index (χ0n) is 18.0. The molecule has 1 saturated heterocycles. The summed E-state index contributed by atoms with van der Waals surface area (Å²) in [6.07, 6.45) is 1.35. The maximum absolute atomic E-state index is 12.5. The standard InChI is InChI=1S/C24H29N3O4/c1-17-7-6-10-21(18(17)2)31-16-23(29)27-13-11-20(12-14-27)26-22(28)15-25-24(30)19-8-4-3-5-9-19/h3-10,20H,11-16H2,1-2H3,(H,25,30)(H,26,28). The molecule has 0 bridgehead atoms. The molecule has 7 nitrogen and oxygen atoms in total. The summed E-state index contributed by atoms with van der Waals surface area (Å²) in [5.74, 6) is 0.168. The van der Waals surface area contributed by atoms with Gasteiger partial charge in [0.25, 0.3) is 11.8 Å². The Kier molecular flexibility index (Phi) is 7.65. The van der Waals surface area contributed by atoms with E-state index < -0.39 is 0 Å². The number of carbonyl (C=O) groups excluding carboxylic acids is 3. The van der Waals surface area contributed by atoms with Crippen LogP contribution >= 0.6 is 0 Å². The van der Waals surface area contributed by atoms with E-state index in [2.05, 4.69) is 10.6 Å². The molecule has 2 N–H and O–H groups in total. The molecule has 3 amide bonds. The third kappa shape index (κ3) is 6.31. The van der Waals surface area contributed by atoms with Crippen molar-refractivity contribution in [3.63, 3.8) is 0 Å². The molecule has 2 aromatic rings. The second-order valence-corrected chi connectivity index (χ2v) is 7.76. The first-order valence-corrected chi connectivity index (χ1v) is 10.5. The Balaban J connectivity index is 1.37. The molecule has 31 heavy (non-hydrogen) atoms. The molecule has 164 valence electrons. The first-order chi connectivity index (χ1) is 14.9. The predicted octanol–water partition coefficient (Wildman–Crippen LogP) is 2.22. The average molecular weight is 424 g/mol. The zero-order valence-corrected chi connectivity index (χ0v) is 18.0. The fraction of sp³-hybridized carbons (Fsp3) is 0.375. The molecule has 1 aliphatic heterocycles. The Labute approximate surface area is 182 Å². The quantitative estimate of drug-likeness (QED) is 0.715. The van der Waals surface area contributed by atoms with Crippen molar-refractivity contribution < 1.29 is 19.1 Å². The molecule has 0 unspecified atom stereocenters. The normalized spacial score (nSPS) is 14.1. The summed E-state index contributed by atoms with van der Waals surface area (Å²) < 4.78 is 5.71. The largest absolute Gasteiger partial charge is 0.483 e. The topological polar surface area (TPSA) is 87.7 Å². The van der Waals surface area contributed by atoms with Crippen LogP contribution in [0.2, 0.25) is 0 Å². The van der Waals surface area contributed by atoms with E-state index in [0.717, 1.165) is 16.9 Å². The highest BCUT2D eigenvalue weighted by Crippen LogP contribution is 2.20. The van der Waals surface area contributed by atoms with Gasteiger partial charge in [-0.1, -0.05) is 30.3 Å². The first-order valence-electron chi connectivity index (χ1n) is 10.5. The van der Waals surface area contributed by atoms with E-state index in [0.29, 0.717) is 31.5 Å². The highest BCUT2D eigenvalue weighted by atomic mass is 16.5. The van der Waals surface area contributed by atoms with Crippen LogP contribution in [0.3, 0.4) is 0 Å². The maximum atomic E-state index is 12.5. The highest BCUT2D eigenvalue weighted by molar-refractivity contribution is 5.96. The molecular formula is C24H29N3O4. The van der Waals surface area contributed by atoms with Crippen molar-refractivity contribution >= 4 is 17.7 Å². The number of amides is 3. The molecule has 0 radical (unpaired) electrons. The molecular weight excluding hydrogens is 394 g/mol. The van der Waals surface area contributed by atoms with Crippen molar-refractivity contribution in [2.75, 3.05) is 26.2 Å². The van der Waals surface area contributed by atoms with E-state index >= 15 is 0 Å². The maximum Gasteiger partial charge on any atom is 0.260 e. The monoisotopic (exact) mass is 423 g/mol. The molecule has 1 heterocycles. The number of piperidine rings is 1. The number of benzene rings is 2. The van der Waals surface area contributed by atoms with Crippen molar-refractivity contribution in [2.24, 2.45) is 0 Å². The molecule has 0 aromatic heterocycles. The van der Waals surface area contributed by atoms with Gasteiger partial charge >= 0.3 is 0 Å². The lowest BCUT2D eigenvalue weighted by molar-refractivity contribution is -0.134. The molecule has 1 aliphatic rings. The van der Waals surface area contributed by atoms with Gasteiger partial charge in [-0.3, -0.25) is 14.4 Å². The lowest BCUT2D eigenvalue weighted by Gasteiger charge is -2.32. The van der Waals surface area contributed by atoms with Gasteiger partial charge in [0.15, 0.2) is 6.61 Å². The molecule has 1 fully saturated rings. The van der Waals surface area contributed by atoms with Gasteiger partial charge in [0.1, 0.15) is 5.75 Å². The molecule has 0 aliphatic carbocycles. The number of nitrogens with one attached hydrogen (secondary N) is 2. The zero-order chi connectivity index (χ0) is 22.2. The van der Waals surface area contributed by atoms with Gasteiger partial charge in [0, 0.05) is 24.7 Å². The molecule has 0 saturated carbocycles. The summed E-state index contributed by atoms with van der Waals surface area (Å²) in [5, 5.41) is 5.56. The lowest BCUT2D eigenvalue weighted by atomic mass is 10.0. The van der Waals surface area contributed by atoms with E-state index in [-0.39, 0.29) is 36.9 Å². The minimum Gasteiger partial charge on any atom is -0.483 e. The van der Waals surface area contributed by atoms with E-state index in [1.807, 2.05) is 38.1 Å². The highest BCUT2D eigenvalue weighted by Gasteiger charge is 2.24. The van der Waals surface area contributed by atoms with E-state index in [4.69, 9.17) is 4.74 Å². The van der Waals surface area contributed by atoms with E-state index in [9.17, 15) is 14.4 Å². The van der Waals surface area contributed by atoms with Crippen LogP contribution in [0.4, 0.5) is 0 Å². The van der Waals surface area contributed by atoms with Crippen molar-refractivity contribution in [1.29, 1.82) is 0 Å². The fourth-order valence-corrected chi connectivity index (χ4v) is 3.52. The van der Waals surface area contributed by atoms with Gasteiger partial charge in [0.05, 0.1) is 6.54 Å². The first kappa shape index (κ1) is 22.3. The Hall–Kier alpha value is -3.35. The summed E-state index contributed by atoms with van der Waals surface area (Å²) in [6, 6.07) is 14.6. The fourth-order valence-electron chi connectivity index (χ4n) is 3.52. The van der Waals surface area contributed by atoms with Gasteiger partial charge in [-0.05, 0) is 56.0 Å². The van der Waals surface area contributed by atoms with Crippen LogP contribution in [0.1, 0.15) is 34.3 Å². The second-order valence-electron chi connectivity index (χ2n) is 7.76. The van der Waals surface area contributed by atoms with Crippen molar-refractivity contribution in [3.8, 4) is 5.75 Å². The van der Waals surface area contributed by atoms with Gasteiger partial charge in [-0.25, -0.2) is 0 Å².